The van der Waals surface area contributed by atoms with E-state index in [4.69, 9.17) is 16.7 Å². The summed E-state index contributed by atoms with van der Waals surface area (Å²) in [4.78, 5) is 0. The first kappa shape index (κ1) is 9.32. The topological polar surface area (TPSA) is 44.3 Å². The molecule has 0 amide bonds. The van der Waals surface area contributed by atoms with Crippen LogP contribution in [-0.4, -0.2) is 12.2 Å². The maximum Gasteiger partial charge on any atom is 0.0534 e. The Morgan fingerprint density at radius 2 is 2.17 bits per heavy atom. The van der Waals surface area contributed by atoms with E-state index in [2.05, 4.69) is 10.9 Å². The lowest BCUT2D eigenvalue weighted by Crippen LogP contribution is -2.10. The summed E-state index contributed by atoms with van der Waals surface area (Å²) in [7, 11) is 1.00. The van der Waals surface area contributed by atoms with Gasteiger partial charge >= 0.3 is 0 Å². The van der Waals surface area contributed by atoms with Crippen LogP contribution in [0.15, 0.2) is 18.2 Å². The largest absolute Gasteiger partial charge is 0.400 e. The van der Waals surface area contributed by atoms with Crippen molar-refractivity contribution in [1.29, 1.82) is 0 Å². The van der Waals surface area contributed by atoms with Crippen LogP contribution < -0.4 is 10.9 Å². The zero-order valence-corrected chi connectivity index (χ0v) is 7.52. The summed E-state index contributed by atoms with van der Waals surface area (Å²) in [6.45, 7) is 0.857. The third-order valence-electron chi connectivity index (χ3n) is 1.57. The van der Waals surface area contributed by atoms with Gasteiger partial charge in [0.1, 0.15) is 0 Å². The number of benzene rings is 1. The van der Waals surface area contributed by atoms with E-state index in [1.807, 2.05) is 18.2 Å². The molecular formula is C8H11ClN2O. The molecule has 0 saturated heterocycles. The second-order valence-electron chi connectivity index (χ2n) is 2.28. The lowest BCUT2D eigenvalue weighted by Gasteiger charge is -1.96. The predicted molar refractivity (Wildman–Crippen MR) is 50.1 cm³/mol. The molecule has 0 spiro atoms. The van der Waals surface area contributed by atoms with Crippen molar-refractivity contribution in [2.75, 3.05) is 12.5 Å². The second kappa shape index (κ2) is 4.30. The van der Waals surface area contributed by atoms with Gasteiger partial charge in [-0.2, -0.15) is 0 Å². The van der Waals surface area contributed by atoms with Crippen LogP contribution in [0.4, 0.5) is 5.69 Å². The van der Waals surface area contributed by atoms with E-state index in [-0.39, 0.29) is 0 Å². The molecule has 0 unspecified atom stereocenters. The molecule has 1 heterocycles. The minimum Gasteiger partial charge on any atom is -0.400 e. The van der Waals surface area contributed by atoms with Gasteiger partial charge in [0.25, 0.3) is 0 Å². The Bertz CT molecular complexity index is 265. The maximum atomic E-state index is 7.00. The van der Waals surface area contributed by atoms with Crippen molar-refractivity contribution in [3.8, 4) is 0 Å². The minimum atomic E-state index is 0.796. The molecule has 0 aliphatic carbocycles. The standard InChI is InChI=1S/C7H7ClN2.CH4O/c8-6-1-2-7-5(3-6)4-9-10-7;1-2/h1-3,9-10H,4H2;2H,1H3. The number of hydrazine groups is 1. The molecule has 66 valence electrons. The first-order valence-corrected chi connectivity index (χ1v) is 3.96. The number of halogens is 1. The first-order chi connectivity index (χ1) is 5.86. The fourth-order valence-electron chi connectivity index (χ4n) is 1.07. The molecule has 4 heteroatoms. The molecule has 0 radical (unpaired) electrons. The summed E-state index contributed by atoms with van der Waals surface area (Å²) in [6, 6.07) is 5.81. The molecular weight excluding hydrogens is 176 g/mol. The number of anilines is 1. The second-order valence-corrected chi connectivity index (χ2v) is 2.72. The lowest BCUT2D eigenvalue weighted by atomic mass is 10.2. The molecule has 0 atom stereocenters. The average Bonchev–Trinajstić information content (AvgIpc) is 2.54. The number of rotatable bonds is 0. The van der Waals surface area contributed by atoms with E-state index < -0.39 is 0 Å². The highest BCUT2D eigenvalue weighted by atomic mass is 35.5. The Hall–Kier alpha value is -0.770. The van der Waals surface area contributed by atoms with Gasteiger partial charge in [-0.25, -0.2) is 5.43 Å². The average molecular weight is 187 g/mol. The molecule has 1 aromatic rings. The van der Waals surface area contributed by atoms with Crippen molar-refractivity contribution in [3.05, 3.63) is 28.8 Å². The van der Waals surface area contributed by atoms with Gasteiger partial charge in [0.15, 0.2) is 0 Å². The summed E-state index contributed by atoms with van der Waals surface area (Å²) in [6.07, 6.45) is 0. The third kappa shape index (κ3) is 1.88. The Kier molecular flexibility index (Phi) is 3.34. The van der Waals surface area contributed by atoms with Gasteiger partial charge in [-0.15, -0.1) is 0 Å². The van der Waals surface area contributed by atoms with Gasteiger partial charge in [0, 0.05) is 18.7 Å². The van der Waals surface area contributed by atoms with Crippen LogP contribution in [0.5, 0.6) is 0 Å². The molecule has 3 N–H and O–H groups in total. The lowest BCUT2D eigenvalue weighted by molar-refractivity contribution is 0.399. The summed E-state index contributed by atoms with van der Waals surface area (Å²) >= 11 is 5.77. The van der Waals surface area contributed by atoms with Crippen LogP contribution in [0.2, 0.25) is 5.02 Å². The molecule has 1 aliphatic heterocycles. The van der Waals surface area contributed by atoms with Crippen LogP contribution in [0.1, 0.15) is 5.56 Å². The van der Waals surface area contributed by atoms with Gasteiger partial charge in [0.2, 0.25) is 0 Å². The van der Waals surface area contributed by atoms with Crippen LogP contribution in [0.25, 0.3) is 0 Å². The number of hydrogen-bond acceptors (Lipinski definition) is 3. The van der Waals surface area contributed by atoms with Crippen molar-refractivity contribution in [1.82, 2.24) is 5.43 Å². The molecule has 2 rings (SSSR count). The number of aliphatic hydroxyl groups is 1. The van der Waals surface area contributed by atoms with Gasteiger partial charge < -0.3 is 10.5 Å². The van der Waals surface area contributed by atoms with Crippen molar-refractivity contribution in [2.24, 2.45) is 0 Å². The van der Waals surface area contributed by atoms with E-state index in [0.29, 0.717) is 0 Å². The van der Waals surface area contributed by atoms with E-state index in [1.54, 1.807) is 0 Å². The molecule has 1 aliphatic rings. The monoisotopic (exact) mass is 186 g/mol. The Morgan fingerprint density at radius 3 is 2.92 bits per heavy atom. The molecule has 1 aromatic carbocycles. The Morgan fingerprint density at radius 1 is 1.42 bits per heavy atom. The molecule has 0 fully saturated rings. The minimum absolute atomic E-state index is 0.796. The molecule has 3 nitrogen and oxygen atoms in total. The number of hydrogen-bond donors (Lipinski definition) is 3. The summed E-state index contributed by atoms with van der Waals surface area (Å²) in [5.74, 6) is 0. The third-order valence-corrected chi connectivity index (χ3v) is 1.80. The SMILES string of the molecule is CO.Clc1ccc2c(c1)CNN2. The fourth-order valence-corrected chi connectivity index (χ4v) is 1.26. The van der Waals surface area contributed by atoms with Crippen LogP contribution in [-0.2, 0) is 6.54 Å². The highest BCUT2D eigenvalue weighted by molar-refractivity contribution is 6.30. The maximum absolute atomic E-state index is 7.00. The zero-order chi connectivity index (χ0) is 8.97. The van der Waals surface area contributed by atoms with E-state index in [0.717, 1.165) is 24.4 Å². The van der Waals surface area contributed by atoms with Crippen molar-refractivity contribution in [3.63, 3.8) is 0 Å². The number of aliphatic hydroxyl groups excluding tert-OH is 1. The van der Waals surface area contributed by atoms with Gasteiger partial charge in [-0.3, -0.25) is 0 Å². The molecule has 0 aromatic heterocycles. The quantitative estimate of drug-likeness (QED) is 0.574. The molecule has 0 bridgehead atoms. The van der Waals surface area contributed by atoms with Gasteiger partial charge in [-0.05, 0) is 23.8 Å². The summed E-state index contributed by atoms with van der Waals surface area (Å²) in [5.41, 5.74) is 8.38. The van der Waals surface area contributed by atoms with Crippen molar-refractivity contribution in [2.45, 2.75) is 6.54 Å². The predicted octanol–water partition coefficient (Wildman–Crippen LogP) is 1.38. The van der Waals surface area contributed by atoms with E-state index in [1.165, 1.54) is 5.56 Å². The summed E-state index contributed by atoms with van der Waals surface area (Å²) in [5, 5.41) is 7.80. The normalized spacial score (nSPS) is 12.6. The van der Waals surface area contributed by atoms with Crippen molar-refractivity contribution >= 4 is 17.3 Å². The smallest absolute Gasteiger partial charge is 0.0534 e. The van der Waals surface area contributed by atoms with Gasteiger partial charge in [-0.1, -0.05) is 11.6 Å². The zero-order valence-electron chi connectivity index (χ0n) is 6.76. The molecule has 12 heavy (non-hydrogen) atoms. The Balaban J connectivity index is 0.000000336. The highest BCUT2D eigenvalue weighted by Crippen LogP contribution is 2.22. The fraction of sp³-hybridized carbons (Fsp3) is 0.250. The molecule has 0 saturated carbocycles. The van der Waals surface area contributed by atoms with E-state index in [9.17, 15) is 0 Å². The van der Waals surface area contributed by atoms with E-state index >= 15 is 0 Å². The van der Waals surface area contributed by atoms with Gasteiger partial charge in [0.05, 0.1) is 5.69 Å². The van der Waals surface area contributed by atoms with Crippen LogP contribution >= 0.6 is 11.6 Å². The number of nitrogens with one attached hydrogen (secondary N) is 2. The highest BCUT2D eigenvalue weighted by Gasteiger charge is 2.07. The first-order valence-electron chi connectivity index (χ1n) is 3.58. The number of fused-ring (bicyclic) bond motifs is 1. The summed E-state index contributed by atoms with van der Waals surface area (Å²) < 4.78 is 0. The van der Waals surface area contributed by atoms with Crippen molar-refractivity contribution < 1.29 is 5.11 Å². The van der Waals surface area contributed by atoms with Crippen LogP contribution in [0.3, 0.4) is 0 Å². The Labute approximate surface area is 76.3 Å². The van der Waals surface area contributed by atoms with Crippen LogP contribution in [0, 0.1) is 0 Å².